The first-order valence-corrected chi connectivity index (χ1v) is 7.39. The van der Waals surface area contributed by atoms with Crippen LogP contribution in [0.4, 0.5) is 0 Å². The molecule has 5 heteroatoms. The summed E-state index contributed by atoms with van der Waals surface area (Å²) in [4.78, 5) is 20.0. The van der Waals surface area contributed by atoms with Gasteiger partial charge in [0.2, 0.25) is 0 Å². The molecular formula is C16H12N2O2S. The molecule has 0 atom stereocenters. The van der Waals surface area contributed by atoms with Gasteiger partial charge in [0.05, 0.1) is 16.8 Å². The first kappa shape index (κ1) is 13.6. The van der Waals surface area contributed by atoms with Gasteiger partial charge < -0.3 is 5.11 Å². The first-order chi connectivity index (χ1) is 10.2. The van der Waals surface area contributed by atoms with Crippen molar-refractivity contribution in [2.45, 2.75) is 5.03 Å². The van der Waals surface area contributed by atoms with Crippen LogP contribution in [0.1, 0.15) is 0 Å². The van der Waals surface area contributed by atoms with Crippen molar-refractivity contribution >= 4 is 28.8 Å². The van der Waals surface area contributed by atoms with E-state index >= 15 is 0 Å². The molecule has 3 aromatic rings. The molecule has 21 heavy (non-hydrogen) atoms. The Labute approximate surface area is 125 Å². The summed E-state index contributed by atoms with van der Waals surface area (Å²) in [6.07, 6.45) is 0. The van der Waals surface area contributed by atoms with E-state index in [1.807, 2.05) is 54.6 Å². The van der Waals surface area contributed by atoms with Crippen LogP contribution in [-0.4, -0.2) is 26.8 Å². The number of nitrogens with zero attached hydrogens (tertiary/aromatic N) is 2. The van der Waals surface area contributed by atoms with Crippen molar-refractivity contribution in [1.82, 2.24) is 9.97 Å². The van der Waals surface area contributed by atoms with Crippen LogP contribution in [0, 0.1) is 0 Å². The maximum Gasteiger partial charge on any atom is 0.313 e. The molecule has 0 aliphatic heterocycles. The minimum Gasteiger partial charge on any atom is -0.481 e. The van der Waals surface area contributed by atoms with Gasteiger partial charge in [0.1, 0.15) is 10.7 Å². The largest absolute Gasteiger partial charge is 0.481 e. The Hall–Kier alpha value is -2.40. The second kappa shape index (κ2) is 5.93. The average molecular weight is 296 g/mol. The molecule has 0 amide bonds. The summed E-state index contributed by atoms with van der Waals surface area (Å²) in [5.41, 5.74) is 3.23. The number of carbonyl (C=O) groups is 1. The molecule has 0 saturated heterocycles. The van der Waals surface area contributed by atoms with Gasteiger partial charge in [-0.3, -0.25) is 4.79 Å². The van der Waals surface area contributed by atoms with E-state index in [1.165, 1.54) is 11.8 Å². The smallest absolute Gasteiger partial charge is 0.313 e. The predicted octanol–water partition coefficient (Wildman–Crippen LogP) is 3.47. The third kappa shape index (κ3) is 3.03. The van der Waals surface area contributed by atoms with Crippen molar-refractivity contribution in [1.29, 1.82) is 0 Å². The highest BCUT2D eigenvalue weighted by Crippen LogP contribution is 2.30. The topological polar surface area (TPSA) is 63.1 Å². The van der Waals surface area contributed by atoms with Crippen molar-refractivity contribution in [3.05, 3.63) is 54.6 Å². The van der Waals surface area contributed by atoms with Crippen LogP contribution in [0.25, 0.3) is 22.3 Å². The Balaban J connectivity index is 2.14. The molecule has 0 fully saturated rings. The molecule has 0 spiro atoms. The highest BCUT2D eigenvalue weighted by molar-refractivity contribution is 8.00. The van der Waals surface area contributed by atoms with Crippen LogP contribution in [0.15, 0.2) is 59.6 Å². The predicted molar refractivity (Wildman–Crippen MR) is 83.3 cm³/mol. The summed E-state index contributed by atoms with van der Waals surface area (Å²) in [6.45, 7) is 0. The lowest BCUT2D eigenvalue weighted by molar-refractivity contribution is -0.133. The third-order valence-electron chi connectivity index (χ3n) is 2.92. The minimum absolute atomic E-state index is 0.0349. The molecule has 1 aromatic heterocycles. The maximum atomic E-state index is 10.8. The number of thioether (sulfide) groups is 1. The average Bonchev–Trinajstić information content (AvgIpc) is 2.53. The van der Waals surface area contributed by atoms with Gasteiger partial charge in [0, 0.05) is 5.56 Å². The van der Waals surface area contributed by atoms with Crippen LogP contribution in [0.3, 0.4) is 0 Å². The van der Waals surface area contributed by atoms with Crippen LogP contribution < -0.4 is 0 Å². The van der Waals surface area contributed by atoms with Gasteiger partial charge in [-0.15, -0.1) is 0 Å². The molecule has 104 valence electrons. The minimum atomic E-state index is -0.867. The maximum absolute atomic E-state index is 10.8. The van der Waals surface area contributed by atoms with E-state index in [-0.39, 0.29) is 5.75 Å². The number of carboxylic acids is 1. The number of carboxylic acid groups (broad SMARTS) is 1. The highest BCUT2D eigenvalue weighted by Gasteiger charge is 2.12. The molecule has 0 aliphatic carbocycles. The number of hydrogen-bond acceptors (Lipinski definition) is 4. The number of benzene rings is 2. The van der Waals surface area contributed by atoms with E-state index in [2.05, 4.69) is 9.97 Å². The number of rotatable bonds is 4. The standard InChI is InChI=1S/C16H12N2O2S/c19-14(20)10-21-16-15(11-6-2-1-3-7-11)17-12-8-4-5-9-13(12)18-16/h1-9H,10H2,(H,19,20). The molecule has 0 bridgehead atoms. The van der Waals surface area contributed by atoms with E-state index in [1.54, 1.807) is 0 Å². The lowest BCUT2D eigenvalue weighted by Crippen LogP contribution is -2.00. The SMILES string of the molecule is O=C(O)CSc1nc2ccccc2nc1-c1ccccc1. The molecule has 0 aliphatic rings. The fraction of sp³-hybridized carbons (Fsp3) is 0.0625. The number of aromatic nitrogens is 2. The summed E-state index contributed by atoms with van der Waals surface area (Å²) in [5.74, 6) is -0.902. The fourth-order valence-electron chi connectivity index (χ4n) is 2.00. The van der Waals surface area contributed by atoms with Crippen molar-refractivity contribution in [3.63, 3.8) is 0 Å². The molecule has 0 radical (unpaired) electrons. The highest BCUT2D eigenvalue weighted by atomic mass is 32.2. The van der Waals surface area contributed by atoms with E-state index in [0.717, 1.165) is 22.3 Å². The third-order valence-corrected chi connectivity index (χ3v) is 3.87. The fourth-order valence-corrected chi connectivity index (χ4v) is 2.72. The van der Waals surface area contributed by atoms with Crippen molar-refractivity contribution in [2.24, 2.45) is 0 Å². The molecule has 1 N–H and O–H groups in total. The molecule has 4 nitrogen and oxygen atoms in total. The van der Waals surface area contributed by atoms with Crippen molar-refractivity contribution < 1.29 is 9.90 Å². The molecular weight excluding hydrogens is 284 g/mol. The summed E-state index contributed by atoms with van der Waals surface area (Å²) < 4.78 is 0. The van der Waals surface area contributed by atoms with Gasteiger partial charge in [-0.1, -0.05) is 54.2 Å². The summed E-state index contributed by atoms with van der Waals surface area (Å²) in [7, 11) is 0. The molecule has 2 aromatic carbocycles. The summed E-state index contributed by atoms with van der Waals surface area (Å²) in [5, 5.41) is 9.52. The van der Waals surface area contributed by atoms with Crippen LogP contribution in [0.2, 0.25) is 0 Å². The van der Waals surface area contributed by atoms with Crippen LogP contribution in [-0.2, 0) is 4.79 Å². The van der Waals surface area contributed by atoms with Crippen molar-refractivity contribution in [3.8, 4) is 11.3 Å². The molecule has 0 saturated carbocycles. The normalized spacial score (nSPS) is 10.7. The van der Waals surface area contributed by atoms with E-state index < -0.39 is 5.97 Å². The molecule has 0 unspecified atom stereocenters. The van der Waals surface area contributed by atoms with E-state index in [9.17, 15) is 4.79 Å². The van der Waals surface area contributed by atoms with Gasteiger partial charge in [-0.2, -0.15) is 0 Å². The second-order valence-corrected chi connectivity index (χ2v) is 5.38. The second-order valence-electron chi connectivity index (χ2n) is 4.41. The monoisotopic (exact) mass is 296 g/mol. The van der Waals surface area contributed by atoms with Gasteiger partial charge in [-0.25, -0.2) is 9.97 Å². The zero-order valence-electron chi connectivity index (χ0n) is 11.1. The van der Waals surface area contributed by atoms with E-state index in [0.29, 0.717) is 5.03 Å². The first-order valence-electron chi connectivity index (χ1n) is 6.41. The molecule has 3 rings (SSSR count). The van der Waals surface area contributed by atoms with Crippen LogP contribution in [0.5, 0.6) is 0 Å². The number of fused-ring (bicyclic) bond motifs is 1. The van der Waals surface area contributed by atoms with Gasteiger partial charge >= 0.3 is 5.97 Å². The van der Waals surface area contributed by atoms with Crippen LogP contribution >= 0.6 is 11.8 Å². The van der Waals surface area contributed by atoms with E-state index in [4.69, 9.17) is 5.11 Å². The van der Waals surface area contributed by atoms with Crippen molar-refractivity contribution in [2.75, 3.05) is 5.75 Å². The Morgan fingerprint density at radius 2 is 1.57 bits per heavy atom. The number of para-hydroxylation sites is 2. The Morgan fingerprint density at radius 1 is 0.952 bits per heavy atom. The van der Waals surface area contributed by atoms with Gasteiger partial charge in [-0.05, 0) is 12.1 Å². The zero-order valence-corrected chi connectivity index (χ0v) is 11.9. The molecule has 1 heterocycles. The Morgan fingerprint density at radius 3 is 2.24 bits per heavy atom. The van der Waals surface area contributed by atoms with Gasteiger partial charge in [0.15, 0.2) is 0 Å². The summed E-state index contributed by atoms with van der Waals surface area (Å²) in [6, 6.07) is 17.3. The lowest BCUT2D eigenvalue weighted by atomic mass is 10.1. The Kier molecular flexibility index (Phi) is 3.83. The number of hydrogen-bond donors (Lipinski definition) is 1. The Bertz CT molecular complexity index is 791. The van der Waals surface area contributed by atoms with Gasteiger partial charge in [0.25, 0.3) is 0 Å². The lowest BCUT2D eigenvalue weighted by Gasteiger charge is -2.08. The number of aliphatic carboxylic acids is 1. The quantitative estimate of drug-likeness (QED) is 0.747. The summed E-state index contributed by atoms with van der Waals surface area (Å²) >= 11 is 1.19. The zero-order chi connectivity index (χ0) is 14.7.